The summed E-state index contributed by atoms with van der Waals surface area (Å²) in [5.74, 6) is 0. The summed E-state index contributed by atoms with van der Waals surface area (Å²) in [6.45, 7) is 1.69. The van der Waals surface area contributed by atoms with Crippen molar-refractivity contribution in [3.63, 3.8) is 0 Å². The average molecular weight is 353 g/mol. The van der Waals surface area contributed by atoms with Gasteiger partial charge in [-0.25, -0.2) is 4.98 Å². The molecule has 0 spiro atoms. The summed E-state index contributed by atoms with van der Waals surface area (Å²) in [6.07, 6.45) is 1.64. The number of aromatic nitrogens is 1. The number of benzene rings is 2. The van der Waals surface area contributed by atoms with Crippen LogP contribution in [0.25, 0.3) is 16.3 Å². The quantitative estimate of drug-likeness (QED) is 0.280. The van der Waals surface area contributed by atoms with Gasteiger partial charge < -0.3 is 0 Å². The van der Waals surface area contributed by atoms with Crippen LogP contribution in [0.3, 0.4) is 0 Å². The summed E-state index contributed by atoms with van der Waals surface area (Å²) in [4.78, 5) is 15.5. The molecule has 0 aliphatic heterocycles. The van der Waals surface area contributed by atoms with Gasteiger partial charge in [0.1, 0.15) is 6.07 Å². The summed E-state index contributed by atoms with van der Waals surface area (Å²) >= 11 is 2.78. The van der Waals surface area contributed by atoms with Gasteiger partial charge >= 0.3 is 0 Å². The second-order valence-electron chi connectivity index (χ2n) is 4.97. The fourth-order valence-electron chi connectivity index (χ4n) is 2.14. The van der Waals surface area contributed by atoms with Crippen LogP contribution in [0.4, 0.5) is 5.69 Å². The third-order valence-electron chi connectivity index (χ3n) is 3.31. The molecule has 0 N–H and O–H groups in total. The van der Waals surface area contributed by atoms with Crippen molar-refractivity contribution >= 4 is 45.1 Å². The number of aryl methyl sites for hydroxylation is 1. The number of thiazole rings is 1. The molecule has 0 fully saturated rings. The Balaban J connectivity index is 1.91. The van der Waals surface area contributed by atoms with E-state index in [9.17, 15) is 15.4 Å². The monoisotopic (exact) mass is 353 g/mol. The SMILES string of the molecule is Cc1ccc(/C=C(\C#N)Sc2nc3ccccc3s2)cc1[N+](=O)[O-]. The van der Waals surface area contributed by atoms with Gasteiger partial charge in [0.2, 0.25) is 0 Å². The van der Waals surface area contributed by atoms with E-state index in [0.29, 0.717) is 16.0 Å². The minimum atomic E-state index is -0.417. The van der Waals surface area contributed by atoms with Gasteiger partial charge in [-0.2, -0.15) is 5.26 Å². The standard InChI is InChI=1S/C17H11N3O2S2/c1-11-6-7-12(9-15(11)20(21)22)8-13(10-18)23-17-19-14-4-2-3-5-16(14)24-17/h2-9H,1H3/b13-8+. The smallest absolute Gasteiger partial charge is 0.258 e. The molecule has 1 heterocycles. The Morgan fingerprint density at radius 2 is 2.17 bits per heavy atom. The number of nitriles is 1. The molecule has 0 bridgehead atoms. The predicted molar refractivity (Wildman–Crippen MR) is 96.9 cm³/mol. The topological polar surface area (TPSA) is 79.8 Å². The Hall–Kier alpha value is -2.69. The van der Waals surface area contributed by atoms with Gasteiger partial charge in [-0.15, -0.1) is 11.3 Å². The molecule has 2 aromatic carbocycles. The highest BCUT2D eigenvalue weighted by molar-refractivity contribution is 8.05. The fraction of sp³-hybridized carbons (Fsp3) is 0.0588. The van der Waals surface area contributed by atoms with Gasteiger partial charge in [-0.3, -0.25) is 10.1 Å². The Labute approximate surface area is 146 Å². The van der Waals surface area contributed by atoms with Crippen molar-refractivity contribution in [2.45, 2.75) is 11.3 Å². The molecule has 0 aliphatic carbocycles. The normalized spacial score (nSPS) is 11.4. The second-order valence-corrected chi connectivity index (χ2v) is 7.29. The molecule has 1 aromatic heterocycles. The van der Waals surface area contributed by atoms with Crippen molar-refractivity contribution in [1.82, 2.24) is 4.98 Å². The number of rotatable bonds is 4. The van der Waals surface area contributed by atoms with Crippen molar-refractivity contribution in [2.24, 2.45) is 0 Å². The maximum absolute atomic E-state index is 11.0. The number of nitro benzene ring substituents is 1. The molecule has 0 amide bonds. The number of para-hydroxylation sites is 1. The van der Waals surface area contributed by atoms with Gasteiger partial charge in [0.05, 0.1) is 20.0 Å². The Bertz CT molecular complexity index is 969. The third-order valence-corrected chi connectivity index (χ3v) is 5.34. The van der Waals surface area contributed by atoms with E-state index >= 15 is 0 Å². The molecule has 3 aromatic rings. The summed E-state index contributed by atoms with van der Waals surface area (Å²) in [5.41, 5.74) is 2.16. The van der Waals surface area contributed by atoms with Gasteiger partial charge in [-0.05, 0) is 42.5 Å². The van der Waals surface area contributed by atoms with Crippen LogP contribution < -0.4 is 0 Å². The predicted octanol–water partition coefficient (Wildman–Crippen LogP) is 5.17. The second kappa shape index (κ2) is 6.83. The summed E-state index contributed by atoms with van der Waals surface area (Å²) in [5, 5.41) is 20.4. The molecule has 24 heavy (non-hydrogen) atoms. The molecule has 118 valence electrons. The highest BCUT2D eigenvalue weighted by Gasteiger charge is 2.12. The molecular formula is C17H11N3O2S2. The molecule has 3 rings (SSSR count). The fourth-order valence-corrected chi connectivity index (χ4v) is 4.11. The van der Waals surface area contributed by atoms with Gasteiger partial charge in [-0.1, -0.05) is 24.3 Å². The molecule has 0 saturated heterocycles. The van der Waals surface area contributed by atoms with E-state index in [4.69, 9.17) is 0 Å². The summed E-state index contributed by atoms with van der Waals surface area (Å²) < 4.78 is 1.83. The van der Waals surface area contributed by atoms with E-state index in [-0.39, 0.29) is 5.69 Å². The number of thioether (sulfide) groups is 1. The Morgan fingerprint density at radius 1 is 1.38 bits per heavy atom. The van der Waals surface area contributed by atoms with E-state index in [1.165, 1.54) is 29.2 Å². The zero-order chi connectivity index (χ0) is 17.1. The van der Waals surface area contributed by atoms with Crippen molar-refractivity contribution in [3.8, 4) is 6.07 Å². The molecule has 0 saturated carbocycles. The van der Waals surface area contributed by atoms with Crippen LogP contribution in [-0.4, -0.2) is 9.91 Å². The van der Waals surface area contributed by atoms with Gasteiger partial charge in [0, 0.05) is 11.6 Å². The Morgan fingerprint density at radius 3 is 2.88 bits per heavy atom. The lowest BCUT2D eigenvalue weighted by Crippen LogP contribution is -1.92. The molecule has 0 radical (unpaired) electrons. The highest BCUT2D eigenvalue weighted by atomic mass is 32.2. The molecular weight excluding hydrogens is 342 g/mol. The van der Waals surface area contributed by atoms with Crippen LogP contribution in [-0.2, 0) is 0 Å². The molecule has 0 atom stereocenters. The van der Waals surface area contributed by atoms with E-state index in [0.717, 1.165) is 14.6 Å². The number of fused-ring (bicyclic) bond motifs is 1. The third kappa shape index (κ3) is 3.45. The lowest BCUT2D eigenvalue weighted by atomic mass is 10.1. The van der Waals surface area contributed by atoms with Gasteiger partial charge in [0.15, 0.2) is 4.34 Å². The lowest BCUT2D eigenvalue weighted by Gasteiger charge is -2.00. The first-order valence-corrected chi connectivity index (χ1v) is 8.60. The van der Waals surface area contributed by atoms with Crippen LogP contribution in [0, 0.1) is 28.4 Å². The number of allylic oxidation sites excluding steroid dienone is 1. The van der Waals surface area contributed by atoms with E-state index < -0.39 is 4.92 Å². The molecule has 7 heteroatoms. The zero-order valence-corrected chi connectivity index (χ0v) is 14.2. The maximum Gasteiger partial charge on any atom is 0.272 e. The van der Waals surface area contributed by atoms with Crippen LogP contribution in [0.5, 0.6) is 0 Å². The van der Waals surface area contributed by atoms with Crippen LogP contribution in [0.1, 0.15) is 11.1 Å². The molecule has 0 unspecified atom stereocenters. The largest absolute Gasteiger partial charge is 0.272 e. The van der Waals surface area contributed by atoms with Gasteiger partial charge in [0.25, 0.3) is 5.69 Å². The van der Waals surface area contributed by atoms with Crippen molar-refractivity contribution in [2.75, 3.05) is 0 Å². The molecule has 0 aliphatic rings. The minimum Gasteiger partial charge on any atom is -0.258 e. The first-order valence-electron chi connectivity index (χ1n) is 6.97. The maximum atomic E-state index is 11.0. The molecule has 5 nitrogen and oxygen atoms in total. The van der Waals surface area contributed by atoms with Crippen molar-refractivity contribution in [3.05, 3.63) is 68.6 Å². The summed E-state index contributed by atoms with van der Waals surface area (Å²) in [7, 11) is 0. The van der Waals surface area contributed by atoms with E-state index in [1.807, 2.05) is 24.3 Å². The average Bonchev–Trinajstić information content (AvgIpc) is 2.97. The van der Waals surface area contributed by atoms with Crippen molar-refractivity contribution in [1.29, 1.82) is 5.26 Å². The first-order chi connectivity index (χ1) is 11.6. The van der Waals surface area contributed by atoms with Crippen molar-refractivity contribution < 1.29 is 4.92 Å². The van der Waals surface area contributed by atoms with E-state index in [2.05, 4.69) is 11.1 Å². The minimum absolute atomic E-state index is 0.0472. The number of hydrogen-bond donors (Lipinski definition) is 0. The van der Waals surface area contributed by atoms with Crippen LogP contribution in [0.15, 0.2) is 51.7 Å². The first kappa shape index (κ1) is 16.2. The van der Waals surface area contributed by atoms with Crippen LogP contribution in [0.2, 0.25) is 0 Å². The number of nitro groups is 1. The number of hydrogen-bond acceptors (Lipinski definition) is 6. The number of nitrogens with zero attached hydrogens (tertiary/aromatic N) is 3. The Kier molecular flexibility index (Phi) is 4.60. The van der Waals surface area contributed by atoms with E-state index in [1.54, 1.807) is 25.1 Å². The zero-order valence-electron chi connectivity index (χ0n) is 12.6. The highest BCUT2D eigenvalue weighted by Crippen LogP contribution is 2.34. The summed E-state index contributed by atoms with van der Waals surface area (Å²) in [6, 6.07) is 14.8. The lowest BCUT2D eigenvalue weighted by molar-refractivity contribution is -0.385. The van der Waals surface area contributed by atoms with Crippen LogP contribution >= 0.6 is 23.1 Å².